The van der Waals surface area contributed by atoms with E-state index in [-0.39, 0.29) is 29.2 Å². The molecule has 1 heterocycles. The molecule has 1 aliphatic heterocycles. The van der Waals surface area contributed by atoms with Crippen molar-refractivity contribution in [2.45, 2.75) is 95.2 Å². The maximum atomic E-state index is 14.0. The summed E-state index contributed by atoms with van der Waals surface area (Å²) in [6.07, 6.45) is 12.0. The van der Waals surface area contributed by atoms with Gasteiger partial charge in [-0.2, -0.15) is 0 Å². The van der Waals surface area contributed by atoms with E-state index in [1.165, 1.54) is 24.8 Å². The van der Waals surface area contributed by atoms with Gasteiger partial charge < -0.3 is 21.3 Å². The van der Waals surface area contributed by atoms with Crippen LogP contribution in [0.5, 0.6) is 0 Å². The van der Waals surface area contributed by atoms with Crippen LogP contribution in [0.4, 0.5) is 0 Å². The summed E-state index contributed by atoms with van der Waals surface area (Å²) < 4.78 is 0. The van der Waals surface area contributed by atoms with Crippen LogP contribution in [0, 0.1) is 23.2 Å². The van der Waals surface area contributed by atoms with Crippen molar-refractivity contribution in [3.8, 4) is 0 Å². The molecule has 3 atom stereocenters. The molecule has 1 aromatic rings. The lowest BCUT2D eigenvalue weighted by atomic mass is 9.47. The molecule has 37 heavy (non-hydrogen) atoms. The first-order valence-electron chi connectivity index (χ1n) is 14.6. The SMILES string of the molecule is CNC(=O)[C@@H](CCCc1ccccc1)NC(=O)[C@H](NC(=O)[C@@H]1CCCCN1)C12CC3CC(CC(C3)C1)C2. The van der Waals surface area contributed by atoms with Crippen LogP contribution in [0.1, 0.15) is 76.2 Å². The van der Waals surface area contributed by atoms with Gasteiger partial charge >= 0.3 is 0 Å². The number of carbonyl (C=O) groups is 3. The van der Waals surface area contributed by atoms with Gasteiger partial charge in [-0.25, -0.2) is 0 Å². The lowest BCUT2D eigenvalue weighted by Gasteiger charge is -2.59. The van der Waals surface area contributed by atoms with Crippen molar-refractivity contribution in [3.63, 3.8) is 0 Å². The number of hydrogen-bond acceptors (Lipinski definition) is 4. The van der Waals surface area contributed by atoms with E-state index in [0.29, 0.717) is 24.2 Å². The predicted molar refractivity (Wildman–Crippen MR) is 144 cm³/mol. The standard InChI is InChI=1S/C30H44N4O3/c1-31-27(35)25(12-7-10-20-8-3-2-4-9-20)33-29(37)26(34-28(36)24-11-5-6-13-32-24)30-17-21-14-22(18-30)16-23(15-21)19-30/h2-4,8-9,21-26,32H,5-7,10-19H2,1H3,(H,31,35)(H,33,37)(H,34,36)/t21?,22?,23?,24-,25+,26-,30?/m0/s1. The van der Waals surface area contributed by atoms with Gasteiger partial charge in [0, 0.05) is 12.5 Å². The van der Waals surface area contributed by atoms with Gasteiger partial charge in [0.2, 0.25) is 17.7 Å². The Labute approximate surface area is 221 Å². The maximum absolute atomic E-state index is 14.0. The van der Waals surface area contributed by atoms with E-state index in [1.54, 1.807) is 7.05 Å². The van der Waals surface area contributed by atoms with E-state index >= 15 is 0 Å². The number of hydrogen-bond donors (Lipinski definition) is 4. The minimum Gasteiger partial charge on any atom is -0.357 e. The number of aryl methyl sites for hydroxylation is 1. The van der Waals surface area contributed by atoms with Crippen molar-refractivity contribution in [3.05, 3.63) is 35.9 Å². The Morgan fingerprint density at radius 2 is 1.62 bits per heavy atom. The van der Waals surface area contributed by atoms with Crippen molar-refractivity contribution >= 4 is 17.7 Å². The highest BCUT2D eigenvalue weighted by Gasteiger charge is 2.56. The van der Waals surface area contributed by atoms with Gasteiger partial charge in [0.1, 0.15) is 12.1 Å². The quantitative estimate of drug-likeness (QED) is 0.390. The van der Waals surface area contributed by atoms with Crippen LogP contribution in [0.3, 0.4) is 0 Å². The average Bonchev–Trinajstić information content (AvgIpc) is 2.90. The summed E-state index contributed by atoms with van der Waals surface area (Å²) in [5, 5.41) is 12.4. The summed E-state index contributed by atoms with van der Waals surface area (Å²) in [7, 11) is 1.62. The molecular weight excluding hydrogens is 464 g/mol. The van der Waals surface area contributed by atoms with Gasteiger partial charge in [-0.1, -0.05) is 36.8 Å². The van der Waals surface area contributed by atoms with Gasteiger partial charge in [0.15, 0.2) is 0 Å². The fourth-order valence-electron chi connectivity index (χ4n) is 8.20. The first-order chi connectivity index (χ1) is 18.0. The molecule has 1 aromatic carbocycles. The fraction of sp³-hybridized carbons (Fsp3) is 0.700. The third-order valence-electron chi connectivity index (χ3n) is 9.55. The van der Waals surface area contributed by atoms with Crippen molar-refractivity contribution in [2.75, 3.05) is 13.6 Å². The van der Waals surface area contributed by atoms with Gasteiger partial charge in [-0.3, -0.25) is 14.4 Å². The molecule has 4 bridgehead atoms. The summed E-state index contributed by atoms with van der Waals surface area (Å²) in [5.74, 6) is 1.56. The molecule has 7 nitrogen and oxygen atoms in total. The maximum Gasteiger partial charge on any atom is 0.243 e. The Morgan fingerprint density at radius 3 is 2.22 bits per heavy atom. The summed E-state index contributed by atoms with van der Waals surface area (Å²) in [5.41, 5.74) is 1.03. The van der Waals surface area contributed by atoms with E-state index in [1.807, 2.05) is 18.2 Å². The predicted octanol–water partition coefficient (Wildman–Crippen LogP) is 3.08. The zero-order valence-electron chi connectivity index (χ0n) is 22.3. The third kappa shape index (κ3) is 6.02. The van der Waals surface area contributed by atoms with Crippen molar-refractivity contribution < 1.29 is 14.4 Å². The van der Waals surface area contributed by atoms with Crippen LogP contribution < -0.4 is 21.3 Å². The second kappa shape index (κ2) is 11.5. The van der Waals surface area contributed by atoms with Gasteiger partial charge in [0.05, 0.1) is 6.04 Å². The van der Waals surface area contributed by atoms with Crippen LogP contribution in [0.15, 0.2) is 30.3 Å². The molecule has 6 rings (SSSR count). The van der Waals surface area contributed by atoms with Gasteiger partial charge in [-0.05, 0) is 100 Å². The Hall–Kier alpha value is -2.41. The molecule has 4 aliphatic carbocycles. The molecule has 0 aromatic heterocycles. The number of piperidine rings is 1. The van der Waals surface area contributed by atoms with E-state index in [0.717, 1.165) is 57.9 Å². The average molecular weight is 509 g/mol. The monoisotopic (exact) mass is 508 g/mol. The largest absolute Gasteiger partial charge is 0.357 e. The van der Waals surface area contributed by atoms with E-state index in [4.69, 9.17) is 0 Å². The van der Waals surface area contributed by atoms with E-state index < -0.39 is 12.1 Å². The van der Waals surface area contributed by atoms with E-state index in [9.17, 15) is 14.4 Å². The van der Waals surface area contributed by atoms with Gasteiger partial charge in [-0.15, -0.1) is 0 Å². The topological polar surface area (TPSA) is 99.3 Å². The van der Waals surface area contributed by atoms with Crippen LogP contribution in [0.25, 0.3) is 0 Å². The zero-order valence-corrected chi connectivity index (χ0v) is 22.3. The summed E-state index contributed by atoms with van der Waals surface area (Å²) in [4.78, 5) is 40.2. The number of benzene rings is 1. The highest BCUT2D eigenvalue weighted by molar-refractivity contribution is 5.93. The highest BCUT2D eigenvalue weighted by atomic mass is 16.2. The van der Waals surface area contributed by atoms with Crippen molar-refractivity contribution in [1.82, 2.24) is 21.3 Å². The first-order valence-corrected chi connectivity index (χ1v) is 14.6. The number of amides is 3. The third-order valence-corrected chi connectivity index (χ3v) is 9.55. The number of carbonyl (C=O) groups excluding carboxylic acids is 3. The Balaban J connectivity index is 1.31. The number of likely N-dealkylation sites (N-methyl/N-ethyl adjacent to an activating group) is 1. The Kier molecular flexibility index (Phi) is 8.18. The van der Waals surface area contributed by atoms with Crippen LogP contribution in [-0.2, 0) is 20.8 Å². The minimum atomic E-state index is -0.609. The molecule has 202 valence electrons. The molecule has 7 heteroatoms. The number of rotatable bonds is 10. The highest BCUT2D eigenvalue weighted by Crippen LogP contribution is 2.61. The lowest BCUT2D eigenvalue weighted by molar-refractivity contribution is -0.143. The van der Waals surface area contributed by atoms with Crippen LogP contribution >= 0.6 is 0 Å². The Morgan fingerprint density at radius 1 is 0.946 bits per heavy atom. The van der Waals surface area contributed by atoms with Crippen molar-refractivity contribution in [2.24, 2.45) is 23.2 Å². The molecule has 0 unspecified atom stereocenters. The molecule has 5 fully saturated rings. The smallest absolute Gasteiger partial charge is 0.243 e. The summed E-state index contributed by atoms with van der Waals surface area (Å²) >= 11 is 0. The van der Waals surface area contributed by atoms with Gasteiger partial charge in [0.25, 0.3) is 0 Å². The molecule has 4 saturated carbocycles. The molecule has 0 radical (unpaired) electrons. The second-order valence-electron chi connectivity index (χ2n) is 12.3. The molecule has 1 saturated heterocycles. The van der Waals surface area contributed by atoms with Crippen molar-refractivity contribution in [1.29, 1.82) is 0 Å². The zero-order chi connectivity index (χ0) is 25.8. The molecule has 5 aliphatic rings. The first kappa shape index (κ1) is 26.2. The number of nitrogens with one attached hydrogen (secondary N) is 4. The lowest BCUT2D eigenvalue weighted by Crippen LogP contribution is -2.65. The molecule has 0 spiro atoms. The summed E-state index contributed by atoms with van der Waals surface area (Å²) in [6, 6.07) is 8.79. The molecule has 3 amide bonds. The Bertz CT molecular complexity index is 924. The normalized spacial score (nSPS) is 31.8. The summed E-state index contributed by atoms with van der Waals surface area (Å²) in [6.45, 7) is 0.840. The van der Waals surface area contributed by atoms with Crippen LogP contribution in [-0.4, -0.2) is 49.4 Å². The van der Waals surface area contributed by atoms with Crippen LogP contribution in [0.2, 0.25) is 0 Å². The van der Waals surface area contributed by atoms with E-state index in [2.05, 4.69) is 33.4 Å². The minimum absolute atomic E-state index is 0.0591. The molecular formula is C30H44N4O3. The fourth-order valence-corrected chi connectivity index (χ4v) is 8.20. The second-order valence-corrected chi connectivity index (χ2v) is 12.3. The molecule has 4 N–H and O–H groups in total.